The Morgan fingerprint density at radius 1 is 1.38 bits per heavy atom. The Labute approximate surface area is 128 Å². The minimum Gasteiger partial charge on any atom is -0.379 e. The standard InChI is InChI=1S/C14H21N3O3S/c1-3-15-14(18)11-6-7-12(13(10-11)17(19)20)16-8-4-5-9-21-2/h6-7,10,16H,3-5,8-9H2,1-2H3,(H,15,18). The number of nitrogens with one attached hydrogen (secondary N) is 2. The van der Waals surface area contributed by atoms with Gasteiger partial charge in [-0.1, -0.05) is 0 Å². The van der Waals surface area contributed by atoms with Crippen molar-refractivity contribution in [2.24, 2.45) is 0 Å². The van der Waals surface area contributed by atoms with Crippen molar-refractivity contribution in [2.45, 2.75) is 19.8 Å². The van der Waals surface area contributed by atoms with Crippen LogP contribution in [0.1, 0.15) is 30.1 Å². The van der Waals surface area contributed by atoms with Gasteiger partial charge in [-0.25, -0.2) is 0 Å². The number of carbonyl (C=O) groups excluding carboxylic acids is 1. The van der Waals surface area contributed by atoms with Crippen LogP contribution in [0.2, 0.25) is 0 Å². The molecule has 0 fully saturated rings. The van der Waals surface area contributed by atoms with E-state index < -0.39 is 4.92 Å². The van der Waals surface area contributed by atoms with Crippen molar-refractivity contribution in [3.63, 3.8) is 0 Å². The molecule has 0 aliphatic rings. The van der Waals surface area contributed by atoms with Crippen molar-refractivity contribution < 1.29 is 9.72 Å². The van der Waals surface area contributed by atoms with Crippen LogP contribution in [0.25, 0.3) is 0 Å². The van der Waals surface area contributed by atoms with E-state index in [2.05, 4.69) is 16.9 Å². The molecule has 6 nitrogen and oxygen atoms in total. The van der Waals surface area contributed by atoms with Gasteiger partial charge in [0.05, 0.1) is 4.92 Å². The number of nitro benzene ring substituents is 1. The highest BCUT2D eigenvalue weighted by Gasteiger charge is 2.16. The van der Waals surface area contributed by atoms with Gasteiger partial charge in [0, 0.05) is 24.7 Å². The summed E-state index contributed by atoms with van der Waals surface area (Å²) >= 11 is 1.79. The molecule has 0 atom stereocenters. The Morgan fingerprint density at radius 3 is 2.76 bits per heavy atom. The number of amides is 1. The van der Waals surface area contributed by atoms with Crippen LogP contribution in [0.4, 0.5) is 11.4 Å². The molecule has 0 saturated heterocycles. The number of nitro groups is 1. The van der Waals surface area contributed by atoms with Crippen molar-refractivity contribution in [2.75, 3.05) is 30.4 Å². The summed E-state index contributed by atoms with van der Waals surface area (Å²) in [5, 5.41) is 16.8. The second-order valence-corrected chi connectivity index (χ2v) is 5.46. The molecule has 1 rings (SSSR count). The number of unbranched alkanes of at least 4 members (excludes halogenated alkanes) is 1. The number of thioether (sulfide) groups is 1. The van der Waals surface area contributed by atoms with E-state index in [0.717, 1.165) is 18.6 Å². The quantitative estimate of drug-likeness (QED) is 0.416. The number of benzene rings is 1. The highest BCUT2D eigenvalue weighted by atomic mass is 32.2. The minimum atomic E-state index is -0.465. The van der Waals surface area contributed by atoms with Crippen molar-refractivity contribution in [3.8, 4) is 0 Å². The molecule has 1 aromatic rings. The molecule has 1 amide bonds. The van der Waals surface area contributed by atoms with Crippen LogP contribution in [0.3, 0.4) is 0 Å². The van der Waals surface area contributed by atoms with Crippen LogP contribution in [0, 0.1) is 10.1 Å². The van der Waals surface area contributed by atoms with Crippen LogP contribution < -0.4 is 10.6 Å². The normalized spacial score (nSPS) is 10.2. The Balaban J connectivity index is 2.75. The lowest BCUT2D eigenvalue weighted by Gasteiger charge is -2.08. The van der Waals surface area contributed by atoms with Crippen molar-refractivity contribution in [1.82, 2.24) is 5.32 Å². The lowest BCUT2D eigenvalue weighted by Crippen LogP contribution is -2.22. The fraction of sp³-hybridized carbons (Fsp3) is 0.500. The van der Waals surface area contributed by atoms with Gasteiger partial charge in [0.1, 0.15) is 5.69 Å². The van der Waals surface area contributed by atoms with Gasteiger partial charge < -0.3 is 10.6 Å². The van der Waals surface area contributed by atoms with E-state index in [1.54, 1.807) is 30.8 Å². The van der Waals surface area contributed by atoms with E-state index in [0.29, 0.717) is 24.3 Å². The summed E-state index contributed by atoms with van der Waals surface area (Å²) in [7, 11) is 0. The second-order valence-electron chi connectivity index (χ2n) is 4.48. The zero-order chi connectivity index (χ0) is 15.7. The Hall–Kier alpha value is -1.76. The number of anilines is 1. The summed E-state index contributed by atoms with van der Waals surface area (Å²) in [5.41, 5.74) is 0.692. The largest absolute Gasteiger partial charge is 0.379 e. The van der Waals surface area contributed by atoms with Crippen LogP contribution in [-0.4, -0.2) is 35.9 Å². The van der Waals surface area contributed by atoms with Gasteiger partial charge >= 0.3 is 0 Å². The van der Waals surface area contributed by atoms with E-state index in [4.69, 9.17) is 0 Å². The van der Waals surface area contributed by atoms with Gasteiger partial charge in [-0.2, -0.15) is 11.8 Å². The van der Waals surface area contributed by atoms with Crippen LogP contribution in [-0.2, 0) is 0 Å². The highest BCUT2D eigenvalue weighted by molar-refractivity contribution is 7.98. The third-order valence-electron chi connectivity index (χ3n) is 2.88. The van der Waals surface area contributed by atoms with Crippen molar-refractivity contribution in [1.29, 1.82) is 0 Å². The molecule has 0 bridgehead atoms. The van der Waals surface area contributed by atoms with Gasteiger partial charge in [-0.15, -0.1) is 0 Å². The van der Waals surface area contributed by atoms with E-state index >= 15 is 0 Å². The molecule has 21 heavy (non-hydrogen) atoms. The Kier molecular flexibility index (Phi) is 7.60. The molecule has 0 heterocycles. The molecular formula is C14H21N3O3S. The van der Waals surface area contributed by atoms with E-state index in [1.807, 2.05) is 0 Å². The third-order valence-corrected chi connectivity index (χ3v) is 3.58. The predicted molar refractivity (Wildman–Crippen MR) is 87.2 cm³/mol. The van der Waals surface area contributed by atoms with Gasteiger partial charge in [0.15, 0.2) is 0 Å². The third kappa shape index (κ3) is 5.63. The predicted octanol–water partition coefficient (Wildman–Crippen LogP) is 2.90. The smallest absolute Gasteiger partial charge is 0.293 e. The van der Waals surface area contributed by atoms with Gasteiger partial charge in [-0.3, -0.25) is 14.9 Å². The van der Waals surface area contributed by atoms with Crippen molar-refractivity contribution >= 4 is 29.0 Å². The summed E-state index contributed by atoms with van der Waals surface area (Å²) in [6, 6.07) is 4.51. The summed E-state index contributed by atoms with van der Waals surface area (Å²) in [4.78, 5) is 22.4. The van der Waals surface area contributed by atoms with E-state index in [9.17, 15) is 14.9 Å². The monoisotopic (exact) mass is 311 g/mol. The number of carbonyl (C=O) groups is 1. The molecule has 1 aromatic carbocycles. The maximum absolute atomic E-state index is 11.7. The fourth-order valence-corrected chi connectivity index (χ4v) is 2.32. The van der Waals surface area contributed by atoms with E-state index in [-0.39, 0.29) is 11.6 Å². The van der Waals surface area contributed by atoms with Gasteiger partial charge in [0.2, 0.25) is 0 Å². The topological polar surface area (TPSA) is 84.3 Å². The first kappa shape index (κ1) is 17.3. The molecule has 116 valence electrons. The number of hydrogen-bond donors (Lipinski definition) is 2. The zero-order valence-electron chi connectivity index (χ0n) is 12.3. The van der Waals surface area contributed by atoms with Crippen LogP contribution in [0.15, 0.2) is 18.2 Å². The first-order chi connectivity index (χ1) is 10.1. The SMILES string of the molecule is CCNC(=O)c1ccc(NCCCCSC)c([N+](=O)[O-])c1. The molecular weight excluding hydrogens is 290 g/mol. The Morgan fingerprint density at radius 2 is 2.14 bits per heavy atom. The zero-order valence-corrected chi connectivity index (χ0v) is 13.2. The highest BCUT2D eigenvalue weighted by Crippen LogP contribution is 2.25. The van der Waals surface area contributed by atoms with Crippen LogP contribution >= 0.6 is 11.8 Å². The molecule has 0 saturated carbocycles. The molecule has 0 aromatic heterocycles. The molecule has 2 N–H and O–H groups in total. The second kappa shape index (κ2) is 9.23. The Bertz CT molecular complexity index is 494. The summed E-state index contributed by atoms with van der Waals surface area (Å²) in [6.45, 7) is 2.97. The maximum Gasteiger partial charge on any atom is 0.293 e. The average Bonchev–Trinajstić information content (AvgIpc) is 2.47. The first-order valence-corrected chi connectivity index (χ1v) is 8.29. The number of hydrogen-bond acceptors (Lipinski definition) is 5. The molecule has 0 radical (unpaired) electrons. The average molecular weight is 311 g/mol. The summed E-state index contributed by atoms with van der Waals surface area (Å²) in [5.74, 6) is 0.784. The number of rotatable bonds is 9. The van der Waals surface area contributed by atoms with E-state index in [1.165, 1.54) is 6.07 Å². The molecule has 0 aliphatic heterocycles. The molecule has 0 spiro atoms. The molecule has 0 aliphatic carbocycles. The number of nitrogens with zero attached hydrogens (tertiary/aromatic N) is 1. The summed E-state index contributed by atoms with van der Waals surface area (Å²) in [6.07, 6.45) is 4.08. The molecule has 0 unspecified atom stereocenters. The minimum absolute atomic E-state index is 0.0661. The first-order valence-electron chi connectivity index (χ1n) is 6.89. The fourth-order valence-electron chi connectivity index (χ4n) is 1.83. The van der Waals surface area contributed by atoms with Crippen LogP contribution in [0.5, 0.6) is 0 Å². The maximum atomic E-state index is 11.7. The lowest BCUT2D eigenvalue weighted by molar-refractivity contribution is -0.384. The van der Waals surface area contributed by atoms with Gasteiger partial charge in [0.25, 0.3) is 11.6 Å². The van der Waals surface area contributed by atoms with Gasteiger partial charge in [-0.05, 0) is 43.9 Å². The lowest BCUT2D eigenvalue weighted by atomic mass is 10.1. The molecule has 7 heteroatoms. The van der Waals surface area contributed by atoms with Crippen molar-refractivity contribution in [3.05, 3.63) is 33.9 Å². The summed E-state index contributed by atoms with van der Waals surface area (Å²) < 4.78 is 0.